The average Bonchev–Trinajstić information content (AvgIpc) is 2.37. The van der Waals surface area contributed by atoms with E-state index in [1.807, 2.05) is 6.07 Å². The zero-order valence-electron chi connectivity index (χ0n) is 11.9. The second-order valence-electron chi connectivity index (χ2n) is 5.50. The molecule has 0 amide bonds. The fourth-order valence-corrected chi connectivity index (χ4v) is 2.40. The molecule has 2 heterocycles. The van der Waals surface area contributed by atoms with E-state index < -0.39 is 0 Å². The minimum absolute atomic E-state index is 0.321. The Labute approximate surface area is 120 Å². The number of hydrogen-bond acceptors (Lipinski definition) is 4. The van der Waals surface area contributed by atoms with Crippen LogP contribution in [0.3, 0.4) is 0 Å². The molecule has 5 heteroatoms. The van der Waals surface area contributed by atoms with E-state index in [4.69, 9.17) is 16.3 Å². The Morgan fingerprint density at radius 2 is 2.05 bits per heavy atom. The SMILES string of the molecule is CC(C)c1cc(Cl)nc(COC2CCN(C)CC2)n1. The van der Waals surface area contributed by atoms with Crippen LogP contribution in [-0.2, 0) is 11.3 Å². The lowest BCUT2D eigenvalue weighted by molar-refractivity contribution is -0.000834. The first-order chi connectivity index (χ1) is 9.04. The Bertz CT molecular complexity index is 417. The summed E-state index contributed by atoms with van der Waals surface area (Å²) in [7, 11) is 2.14. The summed E-state index contributed by atoms with van der Waals surface area (Å²) in [6, 6.07) is 1.82. The number of ether oxygens (including phenoxy) is 1. The van der Waals surface area contributed by atoms with Gasteiger partial charge < -0.3 is 9.64 Å². The summed E-state index contributed by atoms with van der Waals surface area (Å²) >= 11 is 6.02. The summed E-state index contributed by atoms with van der Waals surface area (Å²) in [5, 5.41) is 0.501. The highest BCUT2D eigenvalue weighted by atomic mass is 35.5. The minimum atomic E-state index is 0.321. The summed E-state index contributed by atoms with van der Waals surface area (Å²) in [6.07, 6.45) is 2.48. The molecule has 106 valence electrons. The highest BCUT2D eigenvalue weighted by molar-refractivity contribution is 6.29. The number of nitrogens with zero attached hydrogens (tertiary/aromatic N) is 3. The standard InChI is InChI=1S/C14H22ClN3O/c1-10(2)12-8-13(15)17-14(16-12)9-19-11-4-6-18(3)7-5-11/h8,10-11H,4-7,9H2,1-3H3. The van der Waals surface area contributed by atoms with Crippen molar-refractivity contribution in [3.63, 3.8) is 0 Å². The lowest BCUT2D eigenvalue weighted by Crippen LogP contribution is -2.34. The van der Waals surface area contributed by atoms with Crippen molar-refractivity contribution < 1.29 is 4.74 Å². The van der Waals surface area contributed by atoms with Crippen LogP contribution in [0.5, 0.6) is 0 Å². The molecule has 1 aromatic heterocycles. The lowest BCUT2D eigenvalue weighted by Gasteiger charge is -2.28. The molecule has 1 aliphatic heterocycles. The van der Waals surface area contributed by atoms with Gasteiger partial charge >= 0.3 is 0 Å². The van der Waals surface area contributed by atoms with Crippen LogP contribution in [0, 0.1) is 0 Å². The van der Waals surface area contributed by atoms with Crippen molar-refractivity contribution in [1.82, 2.24) is 14.9 Å². The predicted molar refractivity (Wildman–Crippen MR) is 76.4 cm³/mol. The number of piperidine rings is 1. The van der Waals surface area contributed by atoms with Gasteiger partial charge in [0.2, 0.25) is 0 Å². The van der Waals surface area contributed by atoms with Gasteiger partial charge in [-0.2, -0.15) is 0 Å². The van der Waals surface area contributed by atoms with Gasteiger partial charge in [-0.15, -0.1) is 0 Å². The fraction of sp³-hybridized carbons (Fsp3) is 0.714. The molecule has 2 rings (SSSR count). The van der Waals surface area contributed by atoms with Crippen molar-refractivity contribution in [1.29, 1.82) is 0 Å². The quantitative estimate of drug-likeness (QED) is 0.797. The van der Waals surface area contributed by atoms with E-state index >= 15 is 0 Å². The Hall–Kier alpha value is -0.710. The number of aromatic nitrogens is 2. The molecule has 0 unspecified atom stereocenters. The predicted octanol–water partition coefficient (Wildman–Crippen LogP) is 2.86. The van der Waals surface area contributed by atoms with Gasteiger partial charge in [-0.1, -0.05) is 25.4 Å². The Kier molecular flexibility index (Phi) is 5.13. The summed E-state index contributed by atoms with van der Waals surface area (Å²) < 4.78 is 5.90. The Balaban J connectivity index is 1.92. The summed E-state index contributed by atoms with van der Waals surface area (Å²) in [4.78, 5) is 11.1. The first-order valence-corrected chi connectivity index (χ1v) is 7.26. The molecular weight excluding hydrogens is 262 g/mol. The second-order valence-corrected chi connectivity index (χ2v) is 5.89. The minimum Gasteiger partial charge on any atom is -0.370 e. The molecule has 1 aromatic rings. The maximum atomic E-state index is 6.02. The van der Waals surface area contributed by atoms with Gasteiger partial charge in [0.15, 0.2) is 5.82 Å². The largest absolute Gasteiger partial charge is 0.370 e. The third kappa shape index (κ3) is 4.41. The molecule has 0 aromatic carbocycles. The van der Waals surface area contributed by atoms with Gasteiger partial charge in [0.25, 0.3) is 0 Å². The lowest BCUT2D eigenvalue weighted by atomic mass is 10.1. The fourth-order valence-electron chi connectivity index (χ4n) is 2.19. The molecule has 0 N–H and O–H groups in total. The number of halogens is 1. The molecular formula is C14H22ClN3O. The van der Waals surface area contributed by atoms with E-state index in [-0.39, 0.29) is 0 Å². The van der Waals surface area contributed by atoms with E-state index in [1.54, 1.807) is 0 Å². The van der Waals surface area contributed by atoms with Crippen molar-refractivity contribution in [2.24, 2.45) is 0 Å². The molecule has 0 spiro atoms. The highest BCUT2D eigenvalue weighted by Gasteiger charge is 2.17. The zero-order valence-corrected chi connectivity index (χ0v) is 12.7. The van der Waals surface area contributed by atoms with Gasteiger partial charge in [-0.25, -0.2) is 9.97 Å². The van der Waals surface area contributed by atoms with E-state index in [1.165, 1.54) is 0 Å². The van der Waals surface area contributed by atoms with Crippen LogP contribution in [0.15, 0.2) is 6.07 Å². The molecule has 1 aliphatic rings. The normalized spacial score (nSPS) is 18.2. The van der Waals surface area contributed by atoms with Crippen LogP contribution in [-0.4, -0.2) is 41.1 Å². The van der Waals surface area contributed by atoms with Crippen molar-refractivity contribution in [3.8, 4) is 0 Å². The number of rotatable bonds is 4. The van der Waals surface area contributed by atoms with Gasteiger partial charge in [0, 0.05) is 18.8 Å². The maximum absolute atomic E-state index is 6.02. The van der Waals surface area contributed by atoms with E-state index in [2.05, 4.69) is 35.8 Å². The highest BCUT2D eigenvalue weighted by Crippen LogP contribution is 2.17. The first kappa shape index (κ1) is 14.7. The molecule has 0 bridgehead atoms. The van der Waals surface area contributed by atoms with Crippen LogP contribution < -0.4 is 0 Å². The second kappa shape index (κ2) is 6.64. The number of likely N-dealkylation sites (tertiary alicyclic amines) is 1. The topological polar surface area (TPSA) is 38.2 Å². The molecule has 19 heavy (non-hydrogen) atoms. The Morgan fingerprint density at radius 3 is 2.68 bits per heavy atom. The third-order valence-electron chi connectivity index (χ3n) is 3.47. The summed E-state index contributed by atoms with van der Waals surface area (Å²) in [6.45, 7) is 6.84. The Morgan fingerprint density at radius 1 is 1.37 bits per heavy atom. The molecule has 1 fully saturated rings. The van der Waals surface area contributed by atoms with Gasteiger partial charge in [-0.3, -0.25) is 0 Å². The van der Waals surface area contributed by atoms with E-state index in [0.717, 1.165) is 31.6 Å². The van der Waals surface area contributed by atoms with Gasteiger partial charge in [-0.05, 0) is 31.9 Å². The third-order valence-corrected chi connectivity index (χ3v) is 3.66. The van der Waals surface area contributed by atoms with Gasteiger partial charge in [0.05, 0.1) is 6.10 Å². The van der Waals surface area contributed by atoms with E-state index in [0.29, 0.717) is 29.6 Å². The van der Waals surface area contributed by atoms with E-state index in [9.17, 15) is 0 Å². The molecule has 1 saturated heterocycles. The monoisotopic (exact) mass is 283 g/mol. The van der Waals surface area contributed by atoms with Gasteiger partial charge in [0.1, 0.15) is 11.8 Å². The first-order valence-electron chi connectivity index (χ1n) is 6.88. The summed E-state index contributed by atoms with van der Waals surface area (Å²) in [5.41, 5.74) is 0.974. The number of hydrogen-bond donors (Lipinski definition) is 0. The van der Waals surface area contributed by atoms with Crippen molar-refractivity contribution >= 4 is 11.6 Å². The zero-order chi connectivity index (χ0) is 13.8. The molecule has 0 atom stereocenters. The molecule has 0 aliphatic carbocycles. The molecule has 0 saturated carbocycles. The van der Waals surface area contributed by atoms with Crippen molar-refractivity contribution in [3.05, 3.63) is 22.7 Å². The van der Waals surface area contributed by atoms with Crippen LogP contribution in [0.4, 0.5) is 0 Å². The summed E-state index contributed by atoms with van der Waals surface area (Å²) in [5.74, 6) is 1.04. The van der Waals surface area contributed by atoms with Crippen LogP contribution in [0.25, 0.3) is 0 Å². The van der Waals surface area contributed by atoms with Crippen molar-refractivity contribution in [2.45, 2.75) is 45.3 Å². The molecule has 4 nitrogen and oxygen atoms in total. The van der Waals surface area contributed by atoms with Crippen LogP contribution >= 0.6 is 11.6 Å². The van der Waals surface area contributed by atoms with Crippen LogP contribution in [0.1, 0.15) is 44.1 Å². The average molecular weight is 284 g/mol. The van der Waals surface area contributed by atoms with Crippen LogP contribution in [0.2, 0.25) is 5.15 Å². The maximum Gasteiger partial charge on any atom is 0.155 e. The molecule has 0 radical (unpaired) electrons. The smallest absolute Gasteiger partial charge is 0.155 e. The van der Waals surface area contributed by atoms with Crippen molar-refractivity contribution in [2.75, 3.05) is 20.1 Å².